The van der Waals surface area contributed by atoms with Crippen molar-refractivity contribution in [2.24, 2.45) is 11.8 Å². The van der Waals surface area contributed by atoms with Crippen LogP contribution in [0.1, 0.15) is 27.7 Å². The first kappa shape index (κ1) is 25.4. The lowest BCUT2D eigenvalue weighted by molar-refractivity contribution is -0.139. The van der Waals surface area contributed by atoms with Crippen LogP contribution in [-0.4, -0.2) is 58.0 Å². The van der Waals surface area contributed by atoms with Crippen molar-refractivity contribution < 1.29 is 23.5 Å². The number of rotatable bonds is 7. The second-order valence-corrected chi connectivity index (χ2v) is 14.4. The van der Waals surface area contributed by atoms with E-state index in [-0.39, 0.29) is 16.9 Å². The number of likely N-dealkylation sites (tertiary alicyclic amines) is 1. The Kier molecular flexibility index (Phi) is 7.04. The summed E-state index contributed by atoms with van der Waals surface area (Å²) in [6.07, 6.45) is 0.633. The molecule has 6 nitrogen and oxygen atoms in total. The maximum Gasteiger partial charge on any atom is 0.319 e. The van der Waals surface area contributed by atoms with E-state index in [1.165, 1.54) is 11.9 Å². The molecule has 2 aliphatic rings. The first-order valence-electron chi connectivity index (χ1n) is 12.1. The van der Waals surface area contributed by atoms with Gasteiger partial charge in [0.15, 0.2) is 0 Å². The zero-order valence-corrected chi connectivity index (χ0v) is 22.4. The molecular weight excluding hydrogens is 458 g/mol. The predicted molar refractivity (Wildman–Crippen MR) is 138 cm³/mol. The molecule has 186 valence electrons. The Hall–Kier alpha value is -2.74. The smallest absolute Gasteiger partial charge is 0.319 e. The first-order chi connectivity index (χ1) is 16.7. The summed E-state index contributed by atoms with van der Waals surface area (Å²) >= 11 is 0. The number of carbonyl (C=O) groups is 2. The molecule has 0 saturated carbocycles. The van der Waals surface area contributed by atoms with Crippen LogP contribution in [0.4, 0.5) is 0 Å². The summed E-state index contributed by atoms with van der Waals surface area (Å²) in [6, 6.07) is 20.6. The summed E-state index contributed by atoms with van der Waals surface area (Å²) in [5, 5.41) is 1.98. The Labute approximate surface area is 209 Å². The molecule has 1 heterocycles. The molecule has 2 aromatic carbocycles. The van der Waals surface area contributed by atoms with Gasteiger partial charge < -0.3 is 13.9 Å². The van der Waals surface area contributed by atoms with Crippen LogP contribution in [0.25, 0.3) is 0 Å². The molecule has 7 heteroatoms. The van der Waals surface area contributed by atoms with Gasteiger partial charge in [-0.3, -0.25) is 14.5 Å². The average molecular weight is 494 g/mol. The van der Waals surface area contributed by atoms with Crippen LogP contribution >= 0.6 is 0 Å². The molecule has 0 spiro atoms. The number of carbonyl (C=O) groups excluding carboxylic acids is 2. The van der Waals surface area contributed by atoms with Gasteiger partial charge in [-0.15, -0.1) is 0 Å². The number of benzene rings is 2. The van der Waals surface area contributed by atoms with Crippen LogP contribution in [0.2, 0.25) is 5.04 Å². The van der Waals surface area contributed by atoms with E-state index >= 15 is 0 Å². The van der Waals surface area contributed by atoms with Crippen LogP contribution in [0.15, 0.2) is 72.5 Å². The fraction of sp³-hybridized carbons (Fsp3) is 0.429. The van der Waals surface area contributed by atoms with Crippen molar-refractivity contribution in [1.29, 1.82) is 0 Å². The summed E-state index contributed by atoms with van der Waals surface area (Å²) in [5.74, 6) is -1.23. The normalized spacial score (nSPS) is 24.9. The Morgan fingerprint density at radius 2 is 1.40 bits per heavy atom. The molecule has 35 heavy (non-hydrogen) atoms. The average Bonchev–Trinajstić information content (AvgIpc) is 3.07. The van der Waals surface area contributed by atoms with E-state index in [0.717, 1.165) is 10.4 Å². The summed E-state index contributed by atoms with van der Waals surface area (Å²) < 4.78 is 19.2. The third kappa shape index (κ3) is 4.15. The van der Waals surface area contributed by atoms with E-state index in [9.17, 15) is 9.59 Å². The van der Waals surface area contributed by atoms with E-state index in [2.05, 4.69) is 45.0 Å². The minimum absolute atomic E-state index is 0.235. The van der Waals surface area contributed by atoms with Crippen molar-refractivity contribution in [3.8, 4) is 0 Å². The van der Waals surface area contributed by atoms with Crippen molar-refractivity contribution in [2.75, 3.05) is 20.8 Å². The quantitative estimate of drug-likeness (QED) is 0.438. The number of amides is 2. The van der Waals surface area contributed by atoms with Crippen LogP contribution in [-0.2, 0) is 23.5 Å². The third-order valence-corrected chi connectivity index (χ3v) is 12.2. The molecule has 0 radical (unpaired) electrons. The van der Waals surface area contributed by atoms with E-state index in [0.29, 0.717) is 12.4 Å². The number of nitrogens with zero attached hydrogens (tertiary/aromatic N) is 1. The molecular formula is C28H35NO5Si. The van der Waals surface area contributed by atoms with Crippen LogP contribution in [0, 0.1) is 11.8 Å². The fourth-order valence-electron chi connectivity index (χ4n) is 5.59. The summed E-state index contributed by atoms with van der Waals surface area (Å²) in [6.45, 7) is 8.90. The second-order valence-electron chi connectivity index (χ2n) is 10.2. The highest BCUT2D eigenvalue weighted by atomic mass is 28.4. The molecule has 2 amide bonds. The molecule has 0 bridgehead atoms. The summed E-state index contributed by atoms with van der Waals surface area (Å²) in [4.78, 5) is 27.4. The number of imide groups is 1. The molecule has 1 saturated heterocycles. The van der Waals surface area contributed by atoms with Gasteiger partial charge >= 0.3 is 8.32 Å². The van der Waals surface area contributed by atoms with Crippen molar-refractivity contribution in [3.05, 3.63) is 72.5 Å². The summed E-state index contributed by atoms with van der Waals surface area (Å²) in [7, 11) is 0.139. The molecule has 1 fully saturated rings. The number of ether oxygens (including phenoxy) is 2. The van der Waals surface area contributed by atoms with E-state index in [4.69, 9.17) is 13.9 Å². The standard InChI is InChI=1S/C28H35NO5Si/c1-7-33-21-18-22(25(32-6)24-23(21)26(30)29(5)27(24)31)34-35(28(2,3)4,19-14-10-8-11-15-19)20-16-12-9-13-17-20/h8-18,21,23-25H,7H2,1-6H3/t21-,23-,24-,25-/m1/s1. The molecule has 4 atom stereocenters. The molecule has 0 unspecified atom stereocenters. The van der Waals surface area contributed by atoms with Crippen LogP contribution < -0.4 is 10.4 Å². The van der Waals surface area contributed by atoms with Crippen molar-refractivity contribution >= 4 is 30.5 Å². The lowest BCUT2D eigenvalue weighted by atomic mass is 9.80. The number of hydrogen-bond acceptors (Lipinski definition) is 5. The molecule has 1 aliphatic carbocycles. The highest BCUT2D eigenvalue weighted by Crippen LogP contribution is 2.44. The highest BCUT2D eigenvalue weighted by molar-refractivity contribution is 6.99. The topological polar surface area (TPSA) is 65.1 Å². The van der Waals surface area contributed by atoms with Gasteiger partial charge in [0.1, 0.15) is 11.9 Å². The zero-order chi connectivity index (χ0) is 25.4. The van der Waals surface area contributed by atoms with Crippen molar-refractivity contribution in [3.63, 3.8) is 0 Å². The Morgan fingerprint density at radius 3 is 1.86 bits per heavy atom. The molecule has 4 rings (SSSR count). The van der Waals surface area contributed by atoms with Gasteiger partial charge in [0.2, 0.25) is 11.8 Å². The minimum atomic E-state index is -2.96. The number of hydrogen-bond donors (Lipinski definition) is 0. The van der Waals surface area contributed by atoms with Crippen molar-refractivity contribution in [1.82, 2.24) is 4.90 Å². The predicted octanol–water partition coefficient (Wildman–Crippen LogP) is 3.11. The minimum Gasteiger partial charge on any atom is -0.535 e. The maximum atomic E-state index is 13.2. The molecule has 0 aromatic heterocycles. The molecule has 1 aliphatic heterocycles. The van der Waals surface area contributed by atoms with Gasteiger partial charge in [-0.2, -0.15) is 0 Å². The lowest BCUT2D eigenvalue weighted by Gasteiger charge is -2.46. The van der Waals surface area contributed by atoms with Gasteiger partial charge in [-0.1, -0.05) is 81.4 Å². The van der Waals surface area contributed by atoms with E-state index in [1.807, 2.05) is 49.4 Å². The van der Waals surface area contributed by atoms with Gasteiger partial charge in [0.25, 0.3) is 0 Å². The van der Waals surface area contributed by atoms with Gasteiger partial charge in [0.05, 0.1) is 17.9 Å². The fourth-order valence-corrected chi connectivity index (χ4v) is 10.1. The van der Waals surface area contributed by atoms with Gasteiger partial charge in [-0.25, -0.2) is 0 Å². The monoisotopic (exact) mass is 493 g/mol. The zero-order valence-electron chi connectivity index (χ0n) is 21.4. The second kappa shape index (κ2) is 9.72. The Bertz CT molecular complexity index is 1060. The molecule has 2 aromatic rings. The van der Waals surface area contributed by atoms with Gasteiger partial charge in [-0.05, 0) is 28.4 Å². The van der Waals surface area contributed by atoms with Crippen LogP contribution in [0.5, 0.6) is 0 Å². The highest BCUT2D eigenvalue weighted by Gasteiger charge is 2.59. The van der Waals surface area contributed by atoms with Gasteiger partial charge in [0, 0.05) is 20.8 Å². The van der Waals surface area contributed by atoms with Crippen LogP contribution in [0.3, 0.4) is 0 Å². The third-order valence-electron chi connectivity index (χ3n) is 7.21. The van der Waals surface area contributed by atoms with E-state index in [1.54, 1.807) is 7.11 Å². The van der Waals surface area contributed by atoms with Crippen molar-refractivity contribution in [2.45, 2.75) is 44.9 Å². The Balaban J connectivity index is 1.92. The summed E-state index contributed by atoms with van der Waals surface area (Å²) in [5.41, 5.74) is 0. The SMILES string of the molecule is CCO[C@@H]1C=C(O[Si](c2ccccc2)(c2ccccc2)C(C)(C)C)[C@@H](OC)[C@@H]2C(=O)N(C)C(=O)[C@@H]21. The largest absolute Gasteiger partial charge is 0.535 e. The number of methoxy groups -OCH3 is 1. The molecule has 0 N–H and O–H groups in total. The maximum absolute atomic E-state index is 13.2. The van der Waals surface area contributed by atoms with E-state index < -0.39 is 32.4 Å². The lowest BCUT2D eigenvalue weighted by Crippen LogP contribution is -2.67. The Morgan fingerprint density at radius 1 is 0.886 bits per heavy atom. The number of fused-ring (bicyclic) bond motifs is 1. The first-order valence-corrected chi connectivity index (χ1v) is 14.1.